The maximum atomic E-state index is 12.4. The summed E-state index contributed by atoms with van der Waals surface area (Å²) in [5, 5.41) is 2.41. The van der Waals surface area contributed by atoms with Crippen LogP contribution in [0.2, 0.25) is 0 Å². The quantitative estimate of drug-likeness (QED) is 0.776. The molecule has 0 bridgehead atoms. The highest BCUT2D eigenvalue weighted by atomic mass is 19.1. The van der Waals surface area contributed by atoms with E-state index in [9.17, 15) is 9.18 Å². The molecule has 16 heavy (non-hydrogen) atoms. The van der Waals surface area contributed by atoms with E-state index >= 15 is 0 Å². The average Bonchev–Trinajstić information content (AvgIpc) is 2.27. The maximum absolute atomic E-state index is 12.4. The van der Waals surface area contributed by atoms with Gasteiger partial charge < -0.3 is 10.1 Å². The summed E-state index contributed by atoms with van der Waals surface area (Å²) in [4.78, 5) is 10.9. The van der Waals surface area contributed by atoms with Gasteiger partial charge in [-0.25, -0.2) is 4.39 Å². The Bertz CT molecular complexity index is 365. The molecule has 0 aliphatic rings. The molecule has 0 saturated heterocycles. The highest BCUT2D eigenvalue weighted by Gasteiger charge is 2.10. The summed E-state index contributed by atoms with van der Waals surface area (Å²) in [7, 11) is 0. The predicted octanol–water partition coefficient (Wildman–Crippen LogP) is 2.05. The van der Waals surface area contributed by atoms with Gasteiger partial charge in [0, 0.05) is 0 Å². The van der Waals surface area contributed by atoms with Crippen LogP contribution in [0.25, 0.3) is 0 Å². The summed E-state index contributed by atoms with van der Waals surface area (Å²) in [6.07, 6.45) is 0. The summed E-state index contributed by atoms with van der Waals surface area (Å²) < 4.78 is 17.8. The largest absolute Gasteiger partial charge is 0.491 e. The van der Waals surface area contributed by atoms with E-state index < -0.39 is 11.7 Å². The van der Waals surface area contributed by atoms with E-state index in [2.05, 4.69) is 11.9 Å². The summed E-state index contributed by atoms with van der Waals surface area (Å²) in [6.45, 7) is 4.91. The molecule has 0 fully saturated rings. The Morgan fingerprint density at radius 2 is 2.12 bits per heavy atom. The lowest BCUT2D eigenvalue weighted by molar-refractivity contribution is -0.119. The highest BCUT2D eigenvalue weighted by Crippen LogP contribution is 2.08. The lowest BCUT2D eigenvalue weighted by atomic mass is 10.3. The topological polar surface area (TPSA) is 38.3 Å². The monoisotopic (exact) mass is 223 g/mol. The van der Waals surface area contributed by atoms with Crippen LogP contribution in [-0.4, -0.2) is 18.6 Å². The first-order valence-electron chi connectivity index (χ1n) is 4.92. The van der Waals surface area contributed by atoms with E-state index in [1.165, 1.54) is 0 Å². The van der Waals surface area contributed by atoms with Gasteiger partial charge in [-0.3, -0.25) is 4.79 Å². The standard InChI is InChI=1S/C12H14FNO2/c1-9(14-12(15)10(2)13)8-16-11-6-4-3-5-7-11/h3-7,9H,2,8H2,1H3,(H,14,15). The van der Waals surface area contributed by atoms with E-state index in [-0.39, 0.29) is 12.6 Å². The fourth-order valence-corrected chi connectivity index (χ4v) is 1.08. The zero-order valence-corrected chi connectivity index (χ0v) is 9.07. The number of ether oxygens (including phenoxy) is 1. The van der Waals surface area contributed by atoms with Gasteiger partial charge in [-0.15, -0.1) is 0 Å². The van der Waals surface area contributed by atoms with E-state index in [0.29, 0.717) is 5.75 Å². The van der Waals surface area contributed by atoms with Gasteiger partial charge in [0.1, 0.15) is 12.4 Å². The van der Waals surface area contributed by atoms with Crippen molar-refractivity contribution in [2.75, 3.05) is 6.61 Å². The first-order chi connectivity index (χ1) is 7.59. The Labute approximate surface area is 93.9 Å². The molecule has 0 aliphatic heterocycles. The van der Waals surface area contributed by atoms with Crippen molar-refractivity contribution in [2.45, 2.75) is 13.0 Å². The third kappa shape index (κ3) is 4.13. The summed E-state index contributed by atoms with van der Waals surface area (Å²) >= 11 is 0. The van der Waals surface area contributed by atoms with Crippen LogP contribution >= 0.6 is 0 Å². The van der Waals surface area contributed by atoms with Crippen molar-refractivity contribution in [3.8, 4) is 5.75 Å². The van der Waals surface area contributed by atoms with Crippen molar-refractivity contribution in [2.24, 2.45) is 0 Å². The van der Waals surface area contributed by atoms with Gasteiger partial charge in [0.2, 0.25) is 0 Å². The molecule has 1 N–H and O–H groups in total. The molecule has 0 aliphatic carbocycles. The minimum atomic E-state index is -0.994. The normalized spacial score (nSPS) is 11.6. The number of para-hydroxylation sites is 1. The van der Waals surface area contributed by atoms with Crippen LogP contribution in [-0.2, 0) is 4.79 Å². The van der Waals surface area contributed by atoms with Crippen LogP contribution in [0.3, 0.4) is 0 Å². The summed E-state index contributed by atoms with van der Waals surface area (Å²) in [6, 6.07) is 8.92. The zero-order chi connectivity index (χ0) is 12.0. The number of hydrogen-bond acceptors (Lipinski definition) is 2. The predicted molar refractivity (Wildman–Crippen MR) is 59.8 cm³/mol. The van der Waals surface area contributed by atoms with Gasteiger partial charge in [0.15, 0.2) is 5.83 Å². The van der Waals surface area contributed by atoms with Crippen LogP contribution in [0.5, 0.6) is 5.75 Å². The van der Waals surface area contributed by atoms with Crippen LogP contribution in [0.15, 0.2) is 42.7 Å². The smallest absolute Gasteiger partial charge is 0.279 e. The number of carbonyl (C=O) groups is 1. The lowest BCUT2D eigenvalue weighted by Crippen LogP contribution is -2.36. The number of carbonyl (C=O) groups excluding carboxylic acids is 1. The van der Waals surface area contributed by atoms with Gasteiger partial charge in [-0.05, 0) is 19.1 Å². The molecule has 1 unspecified atom stereocenters. The van der Waals surface area contributed by atoms with E-state index in [1.807, 2.05) is 30.3 Å². The van der Waals surface area contributed by atoms with E-state index in [1.54, 1.807) is 6.92 Å². The molecule has 1 atom stereocenters. The van der Waals surface area contributed by atoms with Crippen molar-refractivity contribution in [3.63, 3.8) is 0 Å². The molecule has 3 nitrogen and oxygen atoms in total. The molecule has 4 heteroatoms. The van der Waals surface area contributed by atoms with E-state index in [4.69, 9.17) is 4.74 Å². The molecular formula is C12H14FNO2. The van der Waals surface area contributed by atoms with Crippen molar-refractivity contribution in [1.29, 1.82) is 0 Å². The fourth-order valence-electron chi connectivity index (χ4n) is 1.08. The van der Waals surface area contributed by atoms with Crippen LogP contribution in [0.1, 0.15) is 6.92 Å². The molecule has 0 aromatic heterocycles. The maximum Gasteiger partial charge on any atom is 0.279 e. The average molecular weight is 223 g/mol. The second kappa shape index (κ2) is 5.90. The highest BCUT2D eigenvalue weighted by molar-refractivity contribution is 5.90. The molecule has 1 rings (SSSR count). The first-order valence-corrected chi connectivity index (χ1v) is 4.92. The summed E-state index contributed by atoms with van der Waals surface area (Å²) in [5.41, 5.74) is 0. The Hall–Kier alpha value is -1.84. The minimum absolute atomic E-state index is 0.278. The molecule has 0 spiro atoms. The van der Waals surface area contributed by atoms with Gasteiger partial charge in [0.25, 0.3) is 5.91 Å². The Kier molecular flexibility index (Phi) is 4.51. The third-order valence-corrected chi connectivity index (χ3v) is 1.87. The molecule has 86 valence electrons. The van der Waals surface area contributed by atoms with Crippen LogP contribution < -0.4 is 10.1 Å². The van der Waals surface area contributed by atoms with E-state index in [0.717, 1.165) is 0 Å². The Morgan fingerprint density at radius 3 is 2.69 bits per heavy atom. The molecule has 0 saturated carbocycles. The molecule has 1 amide bonds. The number of halogens is 1. The SMILES string of the molecule is C=C(F)C(=O)NC(C)COc1ccccc1. The number of amides is 1. The van der Waals surface area contributed by atoms with Crippen molar-refractivity contribution in [3.05, 3.63) is 42.7 Å². The number of nitrogens with one attached hydrogen (secondary N) is 1. The fraction of sp³-hybridized carbons (Fsp3) is 0.250. The van der Waals surface area contributed by atoms with Gasteiger partial charge >= 0.3 is 0 Å². The van der Waals surface area contributed by atoms with Gasteiger partial charge in [-0.2, -0.15) is 0 Å². The number of benzene rings is 1. The van der Waals surface area contributed by atoms with Crippen LogP contribution in [0.4, 0.5) is 4.39 Å². The molecule has 0 heterocycles. The molecular weight excluding hydrogens is 209 g/mol. The van der Waals surface area contributed by atoms with Crippen molar-refractivity contribution < 1.29 is 13.9 Å². The van der Waals surface area contributed by atoms with Crippen molar-refractivity contribution >= 4 is 5.91 Å². The second-order valence-electron chi connectivity index (χ2n) is 3.40. The number of hydrogen-bond donors (Lipinski definition) is 1. The lowest BCUT2D eigenvalue weighted by Gasteiger charge is -2.14. The van der Waals surface area contributed by atoms with Gasteiger partial charge in [-0.1, -0.05) is 24.8 Å². The zero-order valence-electron chi connectivity index (χ0n) is 9.07. The third-order valence-electron chi connectivity index (χ3n) is 1.87. The molecule has 0 radical (unpaired) electrons. The van der Waals surface area contributed by atoms with Gasteiger partial charge in [0.05, 0.1) is 6.04 Å². The molecule has 1 aromatic rings. The first kappa shape index (κ1) is 12.2. The molecule has 1 aromatic carbocycles. The second-order valence-corrected chi connectivity index (χ2v) is 3.40. The van der Waals surface area contributed by atoms with Crippen molar-refractivity contribution in [1.82, 2.24) is 5.32 Å². The Balaban J connectivity index is 2.33. The minimum Gasteiger partial charge on any atom is -0.491 e. The summed E-state index contributed by atoms with van der Waals surface area (Å²) in [5.74, 6) is -1.08. The Morgan fingerprint density at radius 1 is 1.50 bits per heavy atom. The van der Waals surface area contributed by atoms with Crippen LogP contribution in [0, 0.1) is 0 Å². The number of rotatable bonds is 5.